The lowest BCUT2D eigenvalue weighted by Gasteiger charge is -2.09. The van der Waals surface area contributed by atoms with Crippen molar-refractivity contribution >= 4 is 22.6 Å². The van der Waals surface area contributed by atoms with Gasteiger partial charge in [0, 0.05) is 23.3 Å². The normalized spacial score (nSPS) is 11.8. The largest absolute Gasteiger partial charge is 0.606 e. The number of nitro groups is 2. The summed E-state index contributed by atoms with van der Waals surface area (Å²) in [6.45, 7) is 0. The van der Waals surface area contributed by atoms with Gasteiger partial charge in [-0.15, -0.1) is 0 Å². The van der Waals surface area contributed by atoms with E-state index in [2.05, 4.69) is 0 Å². The van der Waals surface area contributed by atoms with E-state index in [0.717, 1.165) is 6.07 Å². The smallest absolute Gasteiger partial charge is 0.400 e. The second-order valence-corrected chi connectivity index (χ2v) is 5.17. The minimum atomic E-state index is -1.85. The number of nitrogens with zero attached hydrogens (tertiary/aromatic N) is 2. The van der Waals surface area contributed by atoms with Crippen LogP contribution in [0, 0.1) is 20.2 Å². The summed E-state index contributed by atoms with van der Waals surface area (Å²) in [5.41, 5.74) is -1.41. The number of nitro benzene ring substituents is 2. The predicted octanol–water partition coefficient (Wildman–Crippen LogP) is 2.67. The van der Waals surface area contributed by atoms with Crippen molar-refractivity contribution in [1.29, 1.82) is 0 Å². The van der Waals surface area contributed by atoms with Crippen molar-refractivity contribution in [2.75, 3.05) is 0 Å². The topological polar surface area (TPSA) is 109 Å². The van der Waals surface area contributed by atoms with Crippen LogP contribution in [0.5, 0.6) is 0 Å². The predicted molar refractivity (Wildman–Crippen MR) is 70.9 cm³/mol. The summed E-state index contributed by atoms with van der Waals surface area (Å²) in [6, 6.07) is 11.6. The lowest BCUT2D eigenvalue weighted by molar-refractivity contribution is -0.424. The maximum atomic E-state index is 12.3. The van der Waals surface area contributed by atoms with E-state index in [1.165, 1.54) is 12.1 Å². The van der Waals surface area contributed by atoms with E-state index in [9.17, 15) is 24.8 Å². The van der Waals surface area contributed by atoms with Crippen molar-refractivity contribution in [3.05, 3.63) is 68.8 Å². The zero-order chi connectivity index (χ0) is 14.7. The van der Waals surface area contributed by atoms with Crippen LogP contribution >= 0.6 is 0 Å². The van der Waals surface area contributed by atoms with Crippen molar-refractivity contribution in [2.45, 2.75) is 9.79 Å². The number of rotatable bonds is 4. The number of para-hydroxylation sites is 1. The Morgan fingerprint density at radius 1 is 0.850 bits per heavy atom. The first-order valence-corrected chi connectivity index (χ1v) is 6.56. The minimum absolute atomic E-state index is 0.185. The molecule has 0 saturated heterocycles. The Labute approximate surface area is 116 Å². The van der Waals surface area contributed by atoms with E-state index < -0.39 is 32.4 Å². The van der Waals surface area contributed by atoms with Gasteiger partial charge in [0.1, 0.15) is 0 Å². The molecular formula is C12H8N2O5S. The summed E-state index contributed by atoms with van der Waals surface area (Å²) in [5, 5.41) is 21.9. The molecule has 0 aliphatic carbocycles. The van der Waals surface area contributed by atoms with Crippen molar-refractivity contribution in [3.8, 4) is 0 Å². The molecule has 0 amide bonds. The van der Waals surface area contributed by atoms with E-state index in [-0.39, 0.29) is 4.90 Å². The first-order chi connectivity index (χ1) is 9.52. The van der Waals surface area contributed by atoms with Crippen LogP contribution in [0.15, 0.2) is 58.3 Å². The molecule has 20 heavy (non-hydrogen) atoms. The average molecular weight is 292 g/mol. The summed E-state index contributed by atoms with van der Waals surface area (Å²) in [4.78, 5) is 20.3. The SMILES string of the molecule is O=[N+]([O-])c1cccc([S+]([O-])c2ccccc2)c1[N+](=O)[O-]. The maximum absolute atomic E-state index is 12.3. The van der Waals surface area contributed by atoms with Crippen molar-refractivity contribution in [2.24, 2.45) is 0 Å². The lowest BCUT2D eigenvalue weighted by Crippen LogP contribution is -2.07. The van der Waals surface area contributed by atoms with Crippen molar-refractivity contribution in [1.82, 2.24) is 0 Å². The van der Waals surface area contributed by atoms with Gasteiger partial charge in [-0.3, -0.25) is 20.2 Å². The van der Waals surface area contributed by atoms with Gasteiger partial charge < -0.3 is 4.55 Å². The Hall–Kier alpha value is -2.45. The van der Waals surface area contributed by atoms with Gasteiger partial charge in [-0.2, -0.15) is 0 Å². The number of benzene rings is 2. The van der Waals surface area contributed by atoms with Crippen LogP contribution in [-0.4, -0.2) is 14.4 Å². The Morgan fingerprint density at radius 3 is 2.05 bits per heavy atom. The Kier molecular flexibility index (Phi) is 3.97. The molecule has 2 aromatic rings. The fourth-order valence-electron chi connectivity index (χ4n) is 1.66. The third kappa shape index (κ3) is 2.60. The third-order valence-electron chi connectivity index (χ3n) is 2.51. The monoisotopic (exact) mass is 292 g/mol. The van der Waals surface area contributed by atoms with Crippen LogP contribution in [-0.2, 0) is 11.2 Å². The van der Waals surface area contributed by atoms with Crippen LogP contribution in [0.3, 0.4) is 0 Å². The van der Waals surface area contributed by atoms with E-state index in [1.807, 2.05) is 0 Å². The molecule has 0 N–H and O–H groups in total. The molecule has 0 aliphatic rings. The molecule has 1 unspecified atom stereocenters. The minimum Gasteiger partial charge on any atom is -0.606 e. The quantitative estimate of drug-likeness (QED) is 0.488. The zero-order valence-electron chi connectivity index (χ0n) is 9.96. The molecule has 0 bridgehead atoms. The molecule has 0 fully saturated rings. The highest BCUT2D eigenvalue weighted by Crippen LogP contribution is 2.36. The number of hydrogen-bond donors (Lipinski definition) is 0. The highest BCUT2D eigenvalue weighted by atomic mass is 32.2. The molecule has 0 saturated carbocycles. The van der Waals surface area contributed by atoms with Crippen LogP contribution in [0.4, 0.5) is 11.4 Å². The summed E-state index contributed by atoms with van der Waals surface area (Å²) >= 11 is -1.85. The van der Waals surface area contributed by atoms with Crippen molar-refractivity contribution < 1.29 is 14.4 Å². The molecule has 7 nitrogen and oxygen atoms in total. The Bertz CT molecular complexity index is 662. The second kappa shape index (κ2) is 5.68. The van der Waals surface area contributed by atoms with Gasteiger partial charge in [-0.1, -0.05) is 18.2 Å². The fourth-order valence-corrected chi connectivity index (χ4v) is 2.88. The molecule has 2 rings (SSSR count). The van der Waals surface area contributed by atoms with Gasteiger partial charge in [0.05, 0.1) is 9.85 Å². The summed E-state index contributed by atoms with van der Waals surface area (Å²) < 4.78 is 12.3. The number of hydrogen-bond acceptors (Lipinski definition) is 5. The fraction of sp³-hybridized carbons (Fsp3) is 0. The van der Waals surface area contributed by atoms with Gasteiger partial charge >= 0.3 is 11.4 Å². The zero-order valence-corrected chi connectivity index (χ0v) is 10.8. The summed E-state index contributed by atoms with van der Waals surface area (Å²) in [6.07, 6.45) is 0. The van der Waals surface area contributed by atoms with Gasteiger partial charge in [0.25, 0.3) is 0 Å². The van der Waals surface area contributed by atoms with E-state index >= 15 is 0 Å². The molecular weight excluding hydrogens is 284 g/mol. The molecule has 0 aromatic heterocycles. The standard InChI is InChI=1S/C12H8N2O5S/c15-13(16)10-7-4-8-11(12(10)14(17)18)20(19)9-5-2-1-3-6-9/h1-8H. The molecule has 8 heteroatoms. The van der Waals surface area contributed by atoms with Crippen LogP contribution in [0.2, 0.25) is 0 Å². The molecule has 0 spiro atoms. The Morgan fingerprint density at radius 2 is 1.50 bits per heavy atom. The maximum Gasteiger partial charge on any atom is 0.400 e. The first-order valence-electron chi connectivity index (χ1n) is 5.41. The molecule has 2 aromatic carbocycles. The van der Waals surface area contributed by atoms with Crippen molar-refractivity contribution in [3.63, 3.8) is 0 Å². The van der Waals surface area contributed by atoms with E-state index in [0.29, 0.717) is 4.90 Å². The Balaban J connectivity index is 2.60. The molecule has 0 aliphatic heterocycles. The highest BCUT2D eigenvalue weighted by molar-refractivity contribution is 7.91. The van der Waals surface area contributed by atoms with E-state index in [4.69, 9.17) is 0 Å². The third-order valence-corrected chi connectivity index (χ3v) is 3.94. The van der Waals surface area contributed by atoms with Crippen LogP contribution in [0.25, 0.3) is 0 Å². The molecule has 0 heterocycles. The molecule has 102 valence electrons. The van der Waals surface area contributed by atoms with Gasteiger partial charge in [0.2, 0.25) is 4.90 Å². The molecule has 0 radical (unpaired) electrons. The molecule has 1 atom stereocenters. The second-order valence-electron chi connectivity index (χ2n) is 3.72. The van der Waals surface area contributed by atoms with Crippen LogP contribution < -0.4 is 0 Å². The summed E-state index contributed by atoms with van der Waals surface area (Å²) in [5.74, 6) is 0. The van der Waals surface area contributed by atoms with Gasteiger partial charge in [0.15, 0.2) is 4.90 Å². The highest BCUT2D eigenvalue weighted by Gasteiger charge is 2.35. The average Bonchev–Trinajstić information content (AvgIpc) is 2.46. The van der Waals surface area contributed by atoms with E-state index in [1.54, 1.807) is 30.3 Å². The lowest BCUT2D eigenvalue weighted by atomic mass is 10.3. The van der Waals surface area contributed by atoms with Gasteiger partial charge in [-0.05, 0) is 18.2 Å². The summed E-state index contributed by atoms with van der Waals surface area (Å²) in [7, 11) is 0. The van der Waals surface area contributed by atoms with Gasteiger partial charge in [-0.25, -0.2) is 0 Å². The first kappa shape index (κ1) is 14.0. The van der Waals surface area contributed by atoms with Crippen LogP contribution in [0.1, 0.15) is 0 Å².